The van der Waals surface area contributed by atoms with Crippen molar-refractivity contribution in [2.75, 3.05) is 0 Å². The minimum absolute atomic E-state index is 0.512. The summed E-state index contributed by atoms with van der Waals surface area (Å²) >= 11 is -2.49. The smallest absolute Gasteiger partial charge is 0.0995 e. The van der Waals surface area contributed by atoms with Gasteiger partial charge >= 0.3 is 0 Å². The van der Waals surface area contributed by atoms with Gasteiger partial charge in [0.1, 0.15) is 0 Å². The van der Waals surface area contributed by atoms with Crippen LogP contribution in [-0.2, 0) is 15.5 Å². The van der Waals surface area contributed by atoms with E-state index in [0.29, 0.717) is 12.8 Å². The SMILES string of the molecule is O=S([O-])O[C@H]1CCCC[C@H]1O. The summed E-state index contributed by atoms with van der Waals surface area (Å²) < 4.78 is 24.6. The van der Waals surface area contributed by atoms with Gasteiger partial charge in [0.05, 0.1) is 23.6 Å². The lowest BCUT2D eigenvalue weighted by molar-refractivity contribution is 0.00907. The molecule has 0 aromatic rings. The first-order valence-corrected chi connectivity index (χ1v) is 4.64. The molecule has 1 aliphatic rings. The maximum absolute atomic E-state index is 10.1. The van der Waals surface area contributed by atoms with Crippen molar-refractivity contribution in [3.8, 4) is 0 Å². The van der Waals surface area contributed by atoms with Crippen molar-refractivity contribution in [2.45, 2.75) is 37.9 Å². The normalized spacial score (nSPS) is 35.1. The standard InChI is InChI=1S/C6H12O4S/c7-5-3-1-2-4-6(5)10-11(8)9/h5-7H,1-4H2,(H,8,9)/p-1/t5-,6+/m1/s1. The lowest BCUT2D eigenvalue weighted by atomic mass is 9.95. The van der Waals surface area contributed by atoms with E-state index in [0.717, 1.165) is 12.8 Å². The first-order valence-electron chi connectivity index (χ1n) is 3.64. The lowest BCUT2D eigenvalue weighted by Crippen LogP contribution is -2.32. The molecule has 1 saturated carbocycles. The molecule has 0 aromatic heterocycles. The molecule has 1 aliphatic carbocycles. The molecule has 1 rings (SSSR count). The predicted molar refractivity (Wildman–Crippen MR) is 38.3 cm³/mol. The number of hydrogen-bond acceptors (Lipinski definition) is 4. The first-order chi connectivity index (χ1) is 5.20. The fourth-order valence-electron chi connectivity index (χ4n) is 1.29. The Morgan fingerprint density at radius 1 is 1.45 bits per heavy atom. The van der Waals surface area contributed by atoms with Crippen LogP contribution < -0.4 is 0 Å². The lowest BCUT2D eigenvalue weighted by Gasteiger charge is -2.27. The number of aliphatic hydroxyl groups is 1. The molecule has 0 radical (unpaired) electrons. The second-order valence-corrected chi connectivity index (χ2v) is 3.29. The quantitative estimate of drug-likeness (QED) is 0.610. The van der Waals surface area contributed by atoms with Crippen LogP contribution in [0.4, 0.5) is 0 Å². The Hall–Kier alpha value is 0.0300. The van der Waals surface area contributed by atoms with Gasteiger partial charge in [-0.2, -0.15) is 0 Å². The zero-order valence-corrected chi connectivity index (χ0v) is 6.88. The van der Waals surface area contributed by atoms with E-state index < -0.39 is 23.6 Å². The van der Waals surface area contributed by atoms with Gasteiger partial charge < -0.3 is 9.66 Å². The highest BCUT2D eigenvalue weighted by molar-refractivity contribution is 7.74. The van der Waals surface area contributed by atoms with Gasteiger partial charge in [0.2, 0.25) is 0 Å². The van der Waals surface area contributed by atoms with Crippen molar-refractivity contribution >= 4 is 11.4 Å². The molecule has 0 aromatic carbocycles. The van der Waals surface area contributed by atoms with Crippen LogP contribution in [0.25, 0.3) is 0 Å². The highest BCUT2D eigenvalue weighted by atomic mass is 32.2. The zero-order chi connectivity index (χ0) is 8.27. The largest absolute Gasteiger partial charge is 0.750 e. The average Bonchev–Trinajstić information content (AvgIpc) is 1.93. The third-order valence-electron chi connectivity index (χ3n) is 1.87. The molecule has 66 valence electrons. The molecular formula is C6H11O4S-. The van der Waals surface area contributed by atoms with E-state index in [2.05, 4.69) is 4.18 Å². The average molecular weight is 179 g/mol. The summed E-state index contributed by atoms with van der Waals surface area (Å²) in [6, 6.07) is 0. The molecule has 0 heterocycles. The molecule has 5 heteroatoms. The van der Waals surface area contributed by atoms with Crippen molar-refractivity contribution in [1.82, 2.24) is 0 Å². The number of rotatable bonds is 2. The fourth-order valence-corrected chi connectivity index (χ4v) is 1.72. The molecule has 0 aliphatic heterocycles. The maximum atomic E-state index is 10.1. The predicted octanol–water partition coefficient (Wildman–Crippen LogP) is 0.101. The molecule has 0 spiro atoms. The summed E-state index contributed by atoms with van der Waals surface area (Å²) in [4.78, 5) is 0. The van der Waals surface area contributed by atoms with Gasteiger partial charge in [-0.15, -0.1) is 0 Å². The third kappa shape index (κ3) is 2.86. The fraction of sp³-hybridized carbons (Fsp3) is 1.00. The number of aliphatic hydroxyl groups excluding tert-OH is 1. The molecule has 1 fully saturated rings. The summed E-state index contributed by atoms with van der Waals surface area (Å²) in [7, 11) is 0. The maximum Gasteiger partial charge on any atom is 0.0995 e. The molecule has 1 unspecified atom stereocenters. The Morgan fingerprint density at radius 2 is 2.09 bits per heavy atom. The van der Waals surface area contributed by atoms with Gasteiger partial charge in [-0.1, -0.05) is 12.8 Å². The molecule has 0 bridgehead atoms. The van der Waals surface area contributed by atoms with Crippen LogP contribution in [0.15, 0.2) is 0 Å². The molecule has 1 N–H and O–H groups in total. The van der Waals surface area contributed by atoms with Gasteiger partial charge in [0.25, 0.3) is 0 Å². The van der Waals surface area contributed by atoms with Gasteiger partial charge in [0.15, 0.2) is 0 Å². The van der Waals surface area contributed by atoms with E-state index in [1.165, 1.54) is 0 Å². The van der Waals surface area contributed by atoms with Crippen LogP contribution in [-0.4, -0.2) is 26.1 Å². The van der Waals surface area contributed by atoms with Crippen LogP contribution in [0.5, 0.6) is 0 Å². The number of hydrogen-bond donors (Lipinski definition) is 1. The monoisotopic (exact) mass is 179 g/mol. The van der Waals surface area contributed by atoms with E-state index in [1.807, 2.05) is 0 Å². The van der Waals surface area contributed by atoms with E-state index in [1.54, 1.807) is 0 Å². The second-order valence-electron chi connectivity index (χ2n) is 2.69. The van der Waals surface area contributed by atoms with Gasteiger partial charge in [-0.05, 0) is 12.8 Å². The van der Waals surface area contributed by atoms with Gasteiger partial charge in [-0.3, -0.25) is 4.18 Å². The van der Waals surface area contributed by atoms with Crippen LogP contribution in [0.1, 0.15) is 25.7 Å². The third-order valence-corrected chi connectivity index (χ3v) is 2.27. The summed E-state index contributed by atoms with van der Waals surface area (Å²) in [6.45, 7) is 0. The Morgan fingerprint density at radius 3 is 2.64 bits per heavy atom. The Balaban J connectivity index is 2.35. The van der Waals surface area contributed by atoms with Crippen molar-refractivity contribution in [2.24, 2.45) is 0 Å². The van der Waals surface area contributed by atoms with Crippen molar-refractivity contribution in [1.29, 1.82) is 0 Å². The Labute approximate surface area is 68.1 Å². The summed E-state index contributed by atoms with van der Waals surface area (Å²) in [5.41, 5.74) is 0. The Bertz CT molecular complexity index is 150. The minimum Gasteiger partial charge on any atom is -0.750 e. The van der Waals surface area contributed by atoms with Crippen molar-refractivity contribution < 1.29 is 18.1 Å². The molecule has 3 atom stereocenters. The molecule has 0 amide bonds. The summed E-state index contributed by atoms with van der Waals surface area (Å²) in [5, 5.41) is 9.22. The van der Waals surface area contributed by atoms with E-state index in [4.69, 9.17) is 0 Å². The summed E-state index contributed by atoms with van der Waals surface area (Å²) in [5.74, 6) is 0. The van der Waals surface area contributed by atoms with Crippen LogP contribution >= 0.6 is 0 Å². The van der Waals surface area contributed by atoms with Crippen molar-refractivity contribution in [3.05, 3.63) is 0 Å². The van der Waals surface area contributed by atoms with Crippen LogP contribution in [0, 0.1) is 0 Å². The van der Waals surface area contributed by atoms with E-state index in [-0.39, 0.29) is 0 Å². The molecule has 11 heavy (non-hydrogen) atoms. The highest BCUT2D eigenvalue weighted by Crippen LogP contribution is 2.21. The topological polar surface area (TPSA) is 69.6 Å². The van der Waals surface area contributed by atoms with Crippen LogP contribution in [0.3, 0.4) is 0 Å². The van der Waals surface area contributed by atoms with E-state index in [9.17, 15) is 13.9 Å². The minimum atomic E-state index is -2.49. The molecule has 4 nitrogen and oxygen atoms in total. The van der Waals surface area contributed by atoms with Gasteiger partial charge in [-0.25, -0.2) is 4.21 Å². The van der Waals surface area contributed by atoms with E-state index >= 15 is 0 Å². The molecular weight excluding hydrogens is 168 g/mol. The van der Waals surface area contributed by atoms with Gasteiger partial charge in [0, 0.05) is 0 Å². The molecule has 0 saturated heterocycles. The highest BCUT2D eigenvalue weighted by Gasteiger charge is 2.23. The van der Waals surface area contributed by atoms with Crippen LogP contribution in [0.2, 0.25) is 0 Å². The first kappa shape index (κ1) is 9.12. The Kier molecular flexibility index (Phi) is 3.45. The summed E-state index contributed by atoms with van der Waals surface area (Å²) in [6.07, 6.45) is 2.03. The zero-order valence-electron chi connectivity index (χ0n) is 6.06. The van der Waals surface area contributed by atoms with Crippen molar-refractivity contribution in [3.63, 3.8) is 0 Å². The second kappa shape index (κ2) is 4.15.